The highest BCUT2D eigenvalue weighted by Gasteiger charge is 2.13. The number of hydrogen-bond donors (Lipinski definition) is 1. The molecule has 0 atom stereocenters. The van der Waals surface area contributed by atoms with Gasteiger partial charge in [0.1, 0.15) is 11.3 Å². The molecule has 3 aromatic rings. The number of aromatic nitrogens is 3. The lowest BCUT2D eigenvalue weighted by Crippen LogP contribution is -1.96. The van der Waals surface area contributed by atoms with Crippen molar-refractivity contribution in [2.45, 2.75) is 13.3 Å². The average Bonchev–Trinajstić information content (AvgIpc) is 2.68. The number of pyridine rings is 1. The van der Waals surface area contributed by atoms with Crippen LogP contribution in [0.15, 0.2) is 24.3 Å². The fourth-order valence-corrected chi connectivity index (χ4v) is 2.30. The third-order valence-electron chi connectivity index (χ3n) is 3.15. The summed E-state index contributed by atoms with van der Waals surface area (Å²) in [6.45, 7) is 2.09. The lowest BCUT2D eigenvalue weighted by atomic mass is 10.2. The van der Waals surface area contributed by atoms with Gasteiger partial charge in [-0.1, -0.05) is 25.1 Å². The van der Waals surface area contributed by atoms with Gasteiger partial charge in [-0.2, -0.15) is 0 Å². The van der Waals surface area contributed by atoms with Crippen LogP contribution in [0, 0.1) is 0 Å². The van der Waals surface area contributed by atoms with E-state index < -0.39 is 0 Å². The van der Waals surface area contributed by atoms with Crippen molar-refractivity contribution in [2.24, 2.45) is 7.05 Å². The Balaban J connectivity index is 2.59. The lowest BCUT2D eigenvalue weighted by Gasteiger charge is -2.03. The minimum absolute atomic E-state index is 0.508. The number of nitrogens with zero attached hydrogens (tertiary/aromatic N) is 3. The van der Waals surface area contributed by atoms with Crippen LogP contribution < -0.4 is 5.73 Å². The van der Waals surface area contributed by atoms with Crippen molar-refractivity contribution in [3.63, 3.8) is 0 Å². The number of nitrogen functional groups attached to an aromatic ring is 1. The van der Waals surface area contributed by atoms with E-state index in [1.807, 2.05) is 25.2 Å². The van der Waals surface area contributed by atoms with Crippen LogP contribution in [0.1, 0.15) is 12.7 Å². The number of aryl methyl sites for hydroxylation is 2. The maximum atomic E-state index is 5.97. The number of imidazole rings is 1. The van der Waals surface area contributed by atoms with Crippen molar-refractivity contribution in [3.05, 3.63) is 30.1 Å². The molecule has 0 aliphatic rings. The molecule has 0 aliphatic carbocycles. The van der Waals surface area contributed by atoms with Crippen molar-refractivity contribution in [1.82, 2.24) is 14.5 Å². The monoisotopic (exact) mass is 226 g/mol. The second-order valence-corrected chi connectivity index (χ2v) is 4.15. The van der Waals surface area contributed by atoms with Gasteiger partial charge in [-0.15, -0.1) is 0 Å². The van der Waals surface area contributed by atoms with E-state index >= 15 is 0 Å². The third-order valence-corrected chi connectivity index (χ3v) is 3.15. The maximum Gasteiger partial charge on any atom is 0.152 e. The zero-order valence-corrected chi connectivity index (χ0v) is 9.94. The molecule has 3 rings (SSSR count). The second kappa shape index (κ2) is 3.45. The molecule has 0 radical (unpaired) electrons. The Kier molecular flexibility index (Phi) is 2.04. The van der Waals surface area contributed by atoms with E-state index in [2.05, 4.69) is 27.5 Å². The Morgan fingerprint density at radius 1 is 1.24 bits per heavy atom. The summed E-state index contributed by atoms with van der Waals surface area (Å²) in [4.78, 5) is 8.95. The van der Waals surface area contributed by atoms with E-state index in [0.717, 1.165) is 34.2 Å². The van der Waals surface area contributed by atoms with Gasteiger partial charge in [-0.3, -0.25) is 0 Å². The SMILES string of the molecule is CCc1nc2c(N)nc3ccccc3c2n1C. The predicted molar refractivity (Wildman–Crippen MR) is 69.8 cm³/mol. The largest absolute Gasteiger partial charge is 0.382 e. The van der Waals surface area contributed by atoms with Gasteiger partial charge in [0.2, 0.25) is 0 Å². The molecule has 0 spiro atoms. The summed E-state index contributed by atoms with van der Waals surface area (Å²) in [5.41, 5.74) is 8.77. The molecular weight excluding hydrogens is 212 g/mol. The van der Waals surface area contributed by atoms with E-state index in [4.69, 9.17) is 5.73 Å². The molecule has 0 unspecified atom stereocenters. The molecule has 1 aromatic carbocycles. The molecular formula is C13H14N4. The van der Waals surface area contributed by atoms with Crippen molar-refractivity contribution in [3.8, 4) is 0 Å². The Morgan fingerprint density at radius 2 is 2.00 bits per heavy atom. The number of para-hydroxylation sites is 1. The smallest absolute Gasteiger partial charge is 0.152 e. The Hall–Kier alpha value is -2.10. The second-order valence-electron chi connectivity index (χ2n) is 4.15. The quantitative estimate of drug-likeness (QED) is 0.692. The van der Waals surface area contributed by atoms with Crippen molar-refractivity contribution in [1.29, 1.82) is 0 Å². The number of rotatable bonds is 1. The van der Waals surface area contributed by atoms with Crippen LogP contribution in [0.2, 0.25) is 0 Å². The van der Waals surface area contributed by atoms with Gasteiger partial charge >= 0.3 is 0 Å². The van der Waals surface area contributed by atoms with E-state index in [-0.39, 0.29) is 0 Å². The van der Waals surface area contributed by atoms with Gasteiger partial charge in [-0.05, 0) is 6.07 Å². The highest BCUT2D eigenvalue weighted by molar-refractivity contribution is 6.06. The zero-order chi connectivity index (χ0) is 12.0. The summed E-state index contributed by atoms with van der Waals surface area (Å²) in [5.74, 6) is 1.54. The van der Waals surface area contributed by atoms with E-state index in [0.29, 0.717) is 5.82 Å². The summed E-state index contributed by atoms with van der Waals surface area (Å²) in [5, 5.41) is 1.10. The summed E-state index contributed by atoms with van der Waals surface area (Å²) < 4.78 is 2.11. The van der Waals surface area contributed by atoms with E-state index in [1.165, 1.54) is 0 Å². The van der Waals surface area contributed by atoms with Crippen LogP contribution in [0.3, 0.4) is 0 Å². The van der Waals surface area contributed by atoms with Crippen LogP contribution in [0.5, 0.6) is 0 Å². The van der Waals surface area contributed by atoms with Crippen LogP contribution in [-0.4, -0.2) is 14.5 Å². The fourth-order valence-electron chi connectivity index (χ4n) is 2.30. The van der Waals surface area contributed by atoms with Gasteiger partial charge in [-0.25, -0.2) is 9.97 Å². The normalized spacial score (nSPS) is 11.4. The molecule has 2 N–H and O–H groups in total. The molecule has 4 nitrogen and oxygen atoms in total. The number of benzene rings is 1. The Bertz CT molecular complexity index is 712. The molecule has 0 saturated heterocycles. The highest BCUT2D eigenvalue weighted by Crippen LogP contribution is 2.27. The van der Waals surface area contributed by atoms with Gasteiger partial charge < -0.3 is 10.3 Å². The third kappa shape index (κ3) is 1.30. The van der Waals surface area contributed by atoms with Crippen LogP contribution in [0.4, 0.5) is 5.82 Å². The molecule has 0 bridgehead atoms. The summed E-state index contributed by atoms with van der Waals surface area (Å²) in [7, 11) is 2.03. The fraction of sp³-hybridized carbons (Fsp3) is 0.231. The molecule has 0 amide bonds. The van der Waals surface area contributed by atoms with Crippen LogP contribution >= 0.6 is 0 Å². The minimum atomic E-state index is 0.508. The summed E-state index contributed by atoms with van der Waals surface area (Å²) >= 11 is 0. The van der Waals surface area contributed by atoms with Gasteiger partial charge in [0.25, 0.3) is 0 Å². The molecule has 0 fully saturated rings. The van der Waals surface area contributed by atoms with Crippen molar-refractivity contribution >= 4 is 27.8 Å². The number of anilines is 1. The zero-order valence-electron chi connectivity index (χ0n) is 9.94. The highest BCUT2D eigenvalue weighted by atomic mass is 15.1. The van der Waals surface area contributed by atoms with Gasteiger partial charge in [0.05, 0.1) is 11.0 Å². The Labute approximate surface area is 99.1 Å². The van der Waals surface area contributed by atoms with Crippen LogP contribution in [0.25, 0.3) is 21.9 Å². The summed E-state index contributed by atoms with van der Waals surface area (Å²) in [6.07, 6.45) is 0.888. The van der Waals surface area contributed by atoms with Gasteiger partial charge in [0, 0.05) is 18.9 Å². The maximum absolute atomic E-state index is 5.97. The van der Waals surface area contributed by atoms with E-state index in [9.17, 15) is 0 Å². The topological polar surface area (TPSA) is 56.7 Å². The minimum Gasteiger partial charge on any atom is -0.382 e. The van der Waals surface area contributed by atoms with Crippen molar-refractivity contribution in [2.75, 3.05) is 5.73 Å². The van der Waals surface area contributed by atoms with Crippen molar-refractivity contribution < 1.29 is 0 Å². The summed E-state index contributed by atoms with van der Waals surface area (Å²) in [6, 6.07) is 8.02. The first kappa shape index (κ1) is 10.1. The molecule has 17 heavy (non-hydrogen) atoms. The Morgan fingerprint density at radius 3 is 2.76 bits per heavy atom. The molecule has 86 valence electrons. The first-order chi connectivity index (χ1) is 8.22. The molecule has 4 heteroatoms. The van der Waals surface area contributed by atoms with Crippen LogP contribution in [-0.2, 0) is 13.5 Å². The first-order valence-electron chi connectivity index (χ1n) is 5.72. The average molecular weight is 226 g/mol. The number of nitrogens with two attached hydrogens (primary N) is 1. The number of hydrogen-bond acceptors (Lipinski definition) is 3. The molecule has 0 aliphatic heterocycles. The van der Waals surface area contributed by atoms with Gasteiger partial charge in [0.15, 0.2) is 5.82 Å². The predicted octanol–water partition coefficient (Wildman–Crippen LogP) is 2.27. The lowest BCUT2D eigenvalue weighted by molar-refractivity contribution is 0.830. The molecule has 2 aromatic heterocycles. The molecule has 0 saturated carbocycles. The molecule has 2 heterocycles. The first-order valence-corrected chi connectivity index (χ1v) is 5.72. The number of fused-ring (bicyclic) bond motifs is 3. The van der Waals surface area contributed by atoms with E-state index in [1.54, 1.807) is 0 Å². The standard InChI is InChI=1S/C13H14N4/c1-3-10-16-11-12(17(10)2)8-6-4-5-7-9(8)15-13(11)14/h4-7H,3H2,1-2H3,(H2,14,15).